The Morgan fingerprint density at radius 1 is 1.35 bits per heavy atom. The molecule has 1 aliphatic heterocycles. The molecule has 0 radical (unpaired) electrons. The van der Waals surface area contributed by atoms with Crippen LogP contribution in [0.5, 0.6) is 0 Å². The number of para-hydroxylation sites is 1. The van der Waals surface area contributed by atoms with Gasteiger partial charge in [0, 0.05) is 30.3 Å². The van der Waals surface area contributed by atoms with E-state index in [4.69, 9.17) is 4.74 Å². The molecule has 1 saturated heterocycles. The molecule has 0 spiro atoms. The van der Waals surface area contributed by atoms with Crippen LogP contribution in [0.3, 0.4) is 0 Å². The van der Waals surface area contributed by atoms with Crippen molar-refractivity contribution in [1.82, 2.24) is 10.3 Å². The van der Waals surface area contributed by atoms with Gasteiger partial charge in [-0.05, 0) is 18.9 Å². The van der Waals surface area contributed by atoms with Crippen LogP contribution in [0.1, 0.15) is 23.2 Å². The van der Waals surface area contributed by atoms with E-state index in [9.17, 15) is 9.90 Å². The minimum atomic E-state index is -0.562. The molecular weight excluding hydrogens is 256 g/mol. The highest BCUT2D eigenvalue weighted by molar-refractivity contribution is 6.06. The van der Waals surface area contributed by atoms with E-state index >= 15 is 0 Å². The number of aromatic nitrogens is 1. The van der Waals surface area contributed by atoms with Gasteiger partial charge in [0.05, 0.1) is 17.7 Å². The number of hydrogen-bond acceptors (Lipinski definition) is 3. The van der Waals surface area contributed by atoms with Crippen LogP contribution < -0.4 is 5.32 Å². The molecule has 3 N–H and O–H groups in total. The summed E-state index contributed by atoms with van der Waals surface area (Å²) in [7, 11) is 0. The lowest BCUT2D eigenvalue weighted by Gasteiger charge is -2.36. The summed E-state index contributed by atoms with van der Waals surface area (Å²) in [5.41, 5.74) is 0.982. The summed E-state index contributed by atoms with van der Waals surface area (Å²) in [5, 5.41) is 13.5. The molecule has 5 heteroatoms. The van der Waals surface area contributed by atoms with Crippen molar-refractivity contribution in [3.05, 3.63) is 36.0 Å². The molecular formula is C15H18N2O3. The second-order valence-corrected chi connectivity index (χ2v) is 5.25. The third-order valence-electron chi connectivity index (χ3n) is 3.97. The number of aromatic amines is 1. The Hall–Kier alpha value is -1.85. The summed E-state index contributed by atoms with van der Waals surface area (Å²) in [5.74, 6) is -0.154. The van der Waals surface area contributed by atoms with Crippen molar-refractivity contribution in [3.63, 3.8) is 0 Å². The molecule has 2 heterocycles. The summed E-state index contributed by atoms with van der Waals surface area (Å²) in [6.45, 7) is 1.06. The highest BCUT2D eigenvalue weighted by Crippen LogP contribution is 2.23. The predicted octanol–water partition coefficient (Wildman–Crippen LogP) is 1.44. The Kier molecular flexibility index (Phi) is 3.46. The van der Waals surface area contributed by atoms with Crippen molar-refractivity contribution >= 4 is 16.8 Å². The Balaban J connectivity index is 1.85. The van der Waals surface area contributed by atoms with Crippen LogP contribution in [0.4, 0.5) is 0 Å². The van der Waals surface area contributed by atoms with E-state index in [1.54, 1.807) is 6.20 Å². The van der Waals surface area contributed by atoms with Crippen molar-refractivity contribution in [1.29, 1.82) is 0 Å². The molecule has 0 atom stereocenters. The van der Waals surface area contributed by atoms with E-state index in [0.717, 1.165) is 10.9 Å². The number of aliphatic hydroxyl groups excluding tert-OH is 1. The van der Waals surface area contributed by atoms with Gasteiger partial charge in [0.15, 0.2) is 0 Å². The molecule has 0 aliphatic carbocycles. The maximum Gasteiger partial charge on any atom is 0.253 e. The summed E-state index contributed by atoms with van der Waals surface area (Å²) < 4.78 is 5.30. The highest BCUT2D eigenvalue weighted by atomic mass is 16.5. The van der Waals surface area contributed by atoms with E-state index in [1.165, 1.54) is 0 Å². The standard InChI is InChI=1S/C15H18N2O3/c18-10-15(5-7-20-8-6-15)17-14(19)12-9-16-13-4-2-1-3-11(12)13/h1-4,9,16,18H,5-8,10H2,(H,17,19). The molecule has 1 amide bonds. The van der Waals surface area contributed by atoms with Crippen LogP contribution in [0, 0.1) is 0 Å². The van der Waals surface area contributed by atoms with Crippen molar-refractivity contribution in [3.8, 4) is 0 Å². The van der Waals surface area contributed by atoms with Gasteiger partial charge in [0.25, 0.3) is 5.91 Å². The maximum absolute atomic E-state index is 12.5. The first kappa shape index (κ1) is 13.1. The number of nitrogens with one attached hydrogen (secondary N) is 2. The first-order valence-electron chi connectivity index (χ1n) is 6.81. The number of aliphatic hydroxyl groups is 1. The van der Waals surface area contributed by atoms with Crippen LogP contribution in [0.15, 0.2) is 30.5 Å². The van der Waals surface area contributed by atoms with Gasteiger partial charge in [-0.25, -0.2) is 0 Å². The van der Waals surface area contributed by atoms with E-state index in [0.29, 0.717) is 31.6 Å². The van der Waals surface area contributed by atoms with Gasteiger partial charge in [-0.15, -0.1) is 0 Å². The fraction of sp³-hybridized carbons (Fsp3) is 0.400. The zero-order chi connectivity index (χ0) is 14.0. The Bertz CT molecular complexity index is 614. The third-order valence-corrected chi connectivity index (χ3v) is 3.97. The van der Waals surface area contributed by atoms with Crippen molar-refractivity contribution in [2.24, 2.45) is 0 Å². The Labute approximate surface area is 116 Å². The van der Waals surface area contributed by atoms with E-state index in [2.05, 4.69) is 10.3 Å². The Morgan fingerprint density at radius 3 is 2.85 bits per heavy atom. The lowest BCUT2D eigenvalue weighted by atomic mass is 9.90. The van der Waals surface area contributed by atoms with Crippen LogP contribution in [0.25, 0.3) is 10.9 Å². The van der Waals surface area contributed by atoms with Crippen LogP contribution in [0.2, 0.25) is 0 Å². The largest absolute Gasteiger partial charge is 0.394 e. The van der Waals surface area contributed by atoms with Gasteiger partial charge < -0.3 is 20.1 Å². The van der Waals surface area contributed by atoms with E-state index in [-0.39, 0.29) is 12.5 Å². The molecule has 1 aromatic heterocycles. The number of hydrogen-bond donors (Lipinski definition) is 3. The molecule has 20 heavy (non-hydrogen) atoms. The number of carbonyl (C=O) groups is 1. The number of rotatable bonds is 3. The first-order valence-corrected chi connectivity index (χ1v) is 6.81. The molecule has 106 valence electrons. The zero-order valence-corrected chi connectivity index (χ0v) is 11.2. The summed E-state index contributed by atoms with van der Waals surface area (Å²) in [4.78, 5) is 15.6. The SMILES string of the molecule is O=C(NC1(CO)CCOCC1)c1c[nH]c2ccccc12. The van der Waals surface area contributed by atoms with Gasteiger partial charge in [0.2, 0.25) is 0 Å². The highest BCUT2D eigenvalue weighted by Gasteiger charge is 2.34. The number of ether oxygens (including phenoxy) is 1. The number of benzene rings is 1. The van der Waals surface area contributed by atoms with E-state index < -0.39 is 5.54 Å². The molecule has 0 bridgehead atoms. The topological polar surface area (TPSA) is 74.3 Å². The molecule has 1 aromatic carbocycles. The van der Waals surface area contributed by atoms with Crippen LogP contribution in [-0.4, -0.2) is 41.4 Å². The Morgan fingerprint density at radius 2 is 2.10 bits per heavy atom. The lowest BCUT2D eigenvalue weighted by Crippen LogP contribution is -2.54. The quantitative estimate of drug-likeness (QED) is 0.793. The maximum atomic E-state index is 12.5. The molecule has 5 nitrogen and oxygen atoms in total. The summed E-state index contributed by atoms with van der Waals surface area (Å²) >= 11 is 0. The van der Waals surface area contributed by atoms with Crippen molar-refractivity contribution in [2.75, 3.05) is 19.8 Å². The van der Waals surface area contributed by atoms with Gasteiger partial charge >= 0.3 is 0 Å². The van der Waals surface area contributed by atoms with Gasteiger partial charge in [0.1, 0.15) is 0 Å². The fourth-order valence-corrected chi connectivity index (χ4v) is 2.65. The average Bonchev–Trinajstić information content (AvgIpc) is 2.92. The summed E-state index contributed by atoms with van der Waals surface area (Å²) in [6.07, 6.45) is 2.99. The van der Waals surface area contributed by atoms with Crippen LogP contribution in [-0.2, 0) is 4.74 Å². The van der Waals surface area contributed by atoms with Gasteiger partial charge in [-0.1, -0.05) is 18.2 Å². The van der Waals surface area contributed by atoms with Gasteiger partial charge in [-0.2, -0.15) is 0 Å². The third kappa shape index (κ3) is 2.30. The molecule has 0 saturated carbocycles. The molecule has 1 fully saturated rings. The molecule has 2 aromatic rings. The lowest BCUT2D eigenvalue weighted by molar-refractivity contribution is 0.0126. The van der Waals surface area contributed by atoms with E-state index in [1.807, 2.05) is 24.3 Å². The second-order valence-electron chi connectivity index (χ2n) is 5.25. The number of H-pyrrole nitrogens is 1. The molecule has 1 aliphatic rings. The number of amides is 1. The predicted molar refractivity (Wildman–Crippen MR) is 75.6 cm³/mol. The minimum Gasteiger partial charge on any atom is -0.394 e. The number of fused-ring (bicyclic) bond motifs is 1. The minimum absolute atomic E-state index is 0.0650. The average molecular weight is 274 g/mol. The van der Waals surface area contributed by atoms with Crippen molar-refractivity contribution < 1.29 is 14.6 Å². The monoisotopic (exact) mass is 274 g/mol. The first-order chi connectivity index (χ1) is 9.74. The van der Waals surface area contributed by atoms with Gasteiger partial charge in [-0.3, -0.25) is 4.79 Å². The van der Waals surface area contributed by atoms with Crippen molar-refractivity contribution in [2.45, 2.75) is 18.4 Å². The smallest absolute Gasteiger partial charge is 0.253 e. The summed E-state index contributed by atoms with van der Waals surface area (Å²) in [6, 6.07) is 7.68. The zero-order valence-electron chi connectivity index (χ0n) is 11.2. The molecule has 3 rings (SSSR count). The normalized spacial score (nSPS) is 18.1. The fourth-order valence-electron chi connectivity index (χ4n) is 2.65. The van der Waals surface area contributed by atoms with Crippen LogP contribution >= 0.6 is 0 Å². The molecule has 0 unspecified atom stereocenters. The number of carbonyl (C=O) groups excluding carboxylic acids is 1. The second kappa shape index (κ2) is 5.26.